The van der Waals surface area contributed by atoms with E-state index in [1.165, 1.54) is 95.4 Å². The Hall–Kier alpha value is -4.44. The van der Waals surface area contributed by atoms with E-state index in [0.29, 0.717) is 47.3 Å². The molecule has 268 valence electrons. The van der Waals surface area contributed by atoms with Gasteiger partial charge in [-0.25, -0.2) is 9.97 Å². The first kappa shape index (κ1) is 28.0. The molecule has 55 heavy (non-hydrogen) atoms. The zero-order valence-corrected chi connectivity index (χ0v) is 31.0. The first-order valence-electron chi connectivity index (χ1n) is 22.3. The predicted molar refractivity (Wildman–Crippen MR) is 216 cm³/mol. The lowest BCUT2D eigenvalue weighted by Gasteiger charge is -2.52. The first-order chi connectivity index (χ1) is 27.2. The van der Waals surface area contributed by atoms with Crippen molar-refractivity contribution < 1.29 is 0 Å². The van der Waals surface area contributed by atoms with E-state index in [1.54, 1.807) is 39.0 Å². The van der Waals surface area contributed by atoms with Gasteiger partial charge in [0, 0.05) is 69.4 Å². The maximum Gasteiger partial charge on any atom is 0.0700 e. The summed E-state index contributed by atoms with van der Waals surface area (Å²) in [5.41, 5.74) is 22.8. The van der Waals surface area contributed by atoms with E-state index in [4.69, 9.17) is 9.97 Å². The van der Waals surface area contributed by atoms with Crippen LogP contribution in [0, 0.1) is 71.0 Å². The standard InChI is InChI=1S/C51H44N4/c1-2-21-20(1)26-7-8-27(21)45-37-17-39-47-29-10-12-31(25-6-4-23(25)29)49(47)41(54-39)19-43-51-33-14-13-32(34-15-35(33)34)50(51)42(55-43)18-40-48-30-11-9-28(22-3-5-24(22)30)46(48)38(53-40)16-36(52-37)44(26)45/h7-14,16-35,52-53H,1-6,15H2. The van der Waals surface area contributed by atoms with Crippen molar-refractivity contribution in [2.24, 2.45) is 71.0 Å². The summed E-state index contributed by atoms with van der Waals surface area (Å²) in [6, 6.07) is 10.1. The van der Waals surface area contributed by atoms with Gasteiger partial charge in [0.2, 0.25) is 0 Å². The third-order valence-corrected chi connectivity index (χ3v) is 19.1. The molecule has 0 saturated heterocycles. The van der Waals surface area contributed by atoms with Crippen LogP contribution in [0.4, 0.5) is 0 Å². The summed E-state index contributed by atoms with van der Waals surface area (Å²) >= 11 is 0. The Morgan fingerprint density at radius 3 is 0.982 bits per heavy atom. The van der Waals surface area contributed by atoms with Crippen LogP contribution >= 0.6 is 0 Å². The Labute approximate surface area is 320 Å². The minimum absolute atomic E-state index is 0.487. The number of hydrogen-bond donors (Lipinski definition) is 2. The van der Waals surface area contributed by atoms with Gasteiger partial charge in [0.15, 0.2) is 0 Å². The van der Waals surface area contributed by atoms with Gasteiger partial charge in [-0.3, -0.25) is 0 Å². The van der Waals surface area contributed by atoms with E-state index in [0.717, 1.165) is 47.3 Å². The van der Waals surface area contributed by atoms with E-state index in [-0.39, 0.29) is 0 Å². The van der Waals surface area contributed by atoms with Crippen molar-refractivity contribution in [3.8, 4) is 0 Å². The van der Waals surface area contributed by atoms with E-state index in [2.05, 4.69) is 82.8 Å². The molecular formula is C51H44N4. The summed E-state index contributed by atoms with van der Waals surface area (Å²) in [4.78, 5) is 19.9. The zero-order valence-electron chi connectivity index (χ0n) is 31.0. The molecular weight excluding hydrogens is 669 g/mol. The molecule has 21 rings (SSSR count). The summed E-state index contributed by atoms with van der Waals surface area (Å²) in [7, 11) is 0. The molecule has 3 aromatic rings. The lowest BCUT2D eigenvalue weighted by Crippen LogP contribution is -2.43. The zero-order chi connectivity index (χ0) is 34.7. The summed E-state index contributed by atoms with van der Waals surface area (Å²) < 4.78 is 0. The Morgan fingerprint density at radius 1 is 0.327 bits per heavy atom. The SMILES string of the molecule is C1=CC2C3=C(c4cc5nc(cc6[nH]c(cc7[nH]c(cc3n4)c3c7C4C=CC3C3CCC43)c3c6C4C=CC3C3CCC43)C3=C5C4C=CC3C3CC43)C1C1CCC21. The van der Waals surface area contributed by atoms with Gasteiger partial charge >= 0.3 is 0 Å². The molecule has 0 aromatic carbocycles. The average molecular weight is 713 g/mol. The molecule has 4 saturated carbocycles. The van der Waals surface area contributed by atoms with Crippen molar-refractivity contribution in [2.75, 3.05) is 0 Å². The summed E-state index contributed by atoms with van der Waals surface area (Å²) in [6.45, 7) is 0. The topological polar surface area (TPSA) is 57.4 Å². The quantitative estimate of drug-likeness (QED) is 0.228. The third-order valence-electron chi connectivity index (χ3n) is 19.1. The number of H-pyrrole nitrogens is 2. The van der Waals surface area contributed by atoms with Crippen LogP contribution in [0.5, 0.6) is 0 Å². The Bertz CT molecular complexity index is 2830. The van der Waals surface area contributed by atoms with Crippen molar-refractivity contribution in [1.82, 2.24) is 19.9 Å². The van der Waals surface area contributed by atoms with Crippen LogP contribution < -0.4 is 0 Å². The van der Waals surface area contributed by atoms with Crippen molar-refractivity contribution in [3.05, 3.63) is 118 Å². The number of nitrogens with zero attached hydrogens (tertiary/aromatic N) is 2. The van der Waals surface area contributed by atoms with Gasteiger partial charge in [-0.05, 0) is 161 Å². The number of aromatic amines is 2. The molecule has 16 bridgehead atoms. The number of fused-ring (bicyclic) bond motifs is 8. The van der Waals surface area contributed by atoms with Gasteiger partial charge in [-0.15, -0.1) is 0 Å². The van der Waals surface area contributed by atoms with E-state index in [9.17, 15) is 0 Å². The van der Waals surface area contributed by atoms with Crippen LogP contribution in [-0.2, 0) is 0 Å². The van der Waals surface area contributed by atoms with Crippen molar-refractivity contribution in [2.45, 2.75) is 68.6 Å². The highest BCUT2D eigenvalue weighted by Gasteiger charge is 2.58. The van der Waals surface area contributed by atoms with Crippen LogP contribution in [-0.4, -0.2) is 19.9 Å². The van der Waals surface area contributed by atoms with Crippen LogP contribution in [0.3, 0.4) is 0 Å². The molecule has 4 nitrogen and oxygen atoms in total. The van der Waals surface area contributed by atoms with Gasteiger partial charge in [0.05, 0.1) is 22.8 Å². The normalized spacial score (nSPS) is 44.5. The second-order valence-corrected chi connectivity index (χ2v) is 20.6. The first-order valence-corrected chi connectivity index (χ1v) is 22.3. The van der Waals surface area contributed by atoms with Gasteiger partial charge in [-0.1, -0.05) is 48.6 Å². The van der Waals surface area contributed by atoms with Crippen LogP contribution in [0.2, 0.25) is 0 Å². The number of hydrogen-bond acceptors (Lipinski definition) is 2. The van der Waals surface area contributed by atoms with E-state index >= 15 is 0 Å². The predicted octanol–water partition coefficient (Wildman–Crippen LogP) is 11.0. The molecule has 4 fully saturated rings. The number of allylic oxidation sites excluding steroid dienone is 12. The smallest absolute Gasteiger partial charge is 0.0700 e. The molecule has 16 atom stereocenters. The summed E-state index contributed by atoms with van der Waals surface area (Å²) in [5.74, 6) is 10.4. The molecule has 18 aliphatic rings. The van der Waals surface area contributed by atoms with Gasteiger partial charge < -0.3 is 9.97 Å². The van der Waals surface area contributed by atoms with E-state index < -0.39 is 0 Å². The maximum atomic E-state index is 5.77. The van der Waals surface area contributed by atoms with Crippen molar-refractivity contribution in [3.63, 3.8) is 0 Å². The molecule has 3 aromatic heterocycles. The minimum Gasteiger partial charge on any atom is -0.355 e. The highest BCUT2D eigenvalue weighted by atomic mass is 14.8. The molecule has 2 N–H and O–H groups in total. The number of rotatable bonds is 0. The fourth-order valence-corrected chi connectivity index (χ4v) is 16.4. The Kier molecular flexibility index (Phi) is 4.54. The molecule has 16 unspecified atom stereocenters. The maximum absolute atomic E-state index is 5.77. The fraction of sp³-hybridized carbons (Fsp3) is 0.451. The second-order valence-electron chi connectivity index (χ2n) is 20.6. The molecule has 0 amide bonds. The van der Waals surface area contributed by atoms with Crippen molar-refractivity contribution >= 4 is 44.4 Å². The molecule has 2 aliphatic heterocycles. The second kappa shape index (κ2) is 8.90. The third kappa shape index (κ3) is 3.02. The molecule has 16 aliphatic carbocycles. The molecule has 0 radical (unpaired) electrons. The average Bonchev–Trinajstić information content (AvgIpc) is 3.40. The monoisotopic (exact) mass is 712 g/mol. The molecule has 0 spiro atoms. The highest BCUT2D eigenvalue weighted by molar-refractivity contribution is 6.02. The largest absolute Gasteiger partial charge is 0.355 e. The highest BCUT2D eigenvalue weighted by Crippen LogP contribution is 2.68. The fourth-order valence-electron chi connectivity index (χ4n) is 16.4. The number of nitrogens with one attached hydrogen (secondary N) is 2. The van der Waals surface area contributed by atoms with Crippen molar-refractivity contribution in [1.29, 1.82) is 0 Å². The van der Waals surface area contributed by atoms with Crippen LogP contribution in [0.1, 0.15) is 114 Å². The van der Waals surface area contributed by atoms with Crippen LogP contribution in [0.25, 0.3) is 44.4 Å². The molecule has 5 heterocycles. The summed E-state index contributed by atoms with van der Waals surface area (Å²) in [6.07, 6.45) is 30.3. The summed E-state index contributed by atoms with van der Waals surface area (Å²) in [5, 5.41) is 0. The Morgan fingerprint density at radius 2 is 0.618 bits per heavy atom. The van der Waals surface area contributed by atoms with Gasteiger partial charge in [0.25, 0.3) is 0 Å². The lowest BCUT2D eigenvalue weighted by molar-refractivity contribution is 0.109. The van der Waals surface area contributed by atoms with Crippen LogP contribution in [0.15, 0.2) is 72.9 Å². The van der Waals surface area contributed by atoms with Gasteiger partial charge in [-0.2, -0.15) is 0 Å². The molecule has 4 heteroatoms. The number of aromatic nitrogens is 4. The van der Waals surface area contributed by atoms with E-state index in [1.807, 2.05) is 0 Å². The Balaban J connectivity index is 1.02. The van der Waals surface area contributed by atoms with Gasteiger partial charge in [0.1, 0.15) is 0 Å². The lowest BCUT2D eigenvalue weighted by atomic mass is 9.51. The minimum atomic E-state index is 0.487.